The Balaban J connectivity index is 0.000000179. The first-order chi connectivity index (χ1) is 28.2. The van der Waals surface area contributed by atoms with E-state index in [2.05, 4.69) is 25.3 Å². The van der Waals surface area contributed by atoms with Gasteiger partial charge in [-0.05, 0) is 85.1 Å². The third kappa shape index (κ3) is 12.1. The summed E-state index contributed by atoms with van der Waals surface area (Å²) >= 11 is 35.3. The van der Waals surface area contributed by atoms with Gasteiger partial charge in [0.05, 0.1) is 36.2 Å². The number of rotatable bonds is 5. The highest BCUT2D eigenvalue weighted by Gasteiger charge is 2.21. The molecule has 1 unspecified atom stereocenters. The van der Waals surface area contributed by atoms with E-state index in [1.54, 1.807) is 67.3 Å². The number of carbonyl (C=O) groups excluding carboxylic acids is 1. The molecule has 0 spiro atoms. The lowest BCUT2D eigenvalue weighted by atomic mass is 9.96. The van der Waals surface area contributed by atoms with E-state index in [1.807, 2.05) is 68.4 Å². The highest BCUT2D eigenvalue weighted by molar-refractivity contribution is 6.42. The Morgan fingerprint density at radius 3 is 1.80 bits per heavy atom. The first-order valence-corrected chi connectivity index (χ1v) is 19.7. The Morgan fingerprint density at radius 1 is 0.610 bits per heavy atom. The van der Waals surface area contributed by atoms with E-state index in [0.717, 1.165) is 33.7 Å². The summed E-state index contributed by atoms with van der Waals surface area (Å²) in [4.78, 5) is 26.7. The van der Waals surface area contributed by atoms with Gasteiger partial charge in [0.15, 0.2) is 0 Å². The zero-order valence-corrected chi connectivity index (χ0v) is 35.8. The monoisotopic (exact) mass is 904 g/mol. The summed E-state index contributed by atoms with van der Waals surface area (Å²) in [5.41, 5.74) is 10.4. The number of aldehydes is 1. The van der Waals surface area contributed by atoms with E-state index in [-0.39, 0.29) is 11.5 Å². The molecule has 0 amide bonds. The third-order valence-corrected chi connectivity index (χ3v) is 10.7. The molecule has 5 N–H and O–H groups in total. The van der Waals surface area contributed by atoms with Crippen LogP contribution in [0.2, 0.25) is 30.1 Å². The van der Waals surface area contributed by atoms with Gasteiger partial charge in [-0.1, -0.05) is 118 Å². The third-order valence-electron chi connectivity index (χ3n) is 8.47. The Kier molecular flexibility index (Phi) is 15.9. The van der Waals surface area contributed by atoms with Gasteiger partial charge in [-0.2, -0.15) is 0 Å². The molecule has 0 radical (unpaired) electrons. The van der Waals surface area contributed by atoms with Crippen molar-refractivity contribution in [3.05, 3.63) is 186 Å². The van der Waals surface area contributed by atoms with Crippen LogP contribution in [0.1, 0.15) is 38.7 Å². The second-order valence-electron chi connectivity index (χ2n) is 12.7. The number of hydrogen-bond donors (Lipinski definition) is 4. The van der Waals surface area contributed by atoms with Crippen LogP contribution in [-0.4, -0.2) is 36.4 Å². The van der Waals surface area contributed by atoms with Gasteiger partial charge in [0.1, 0.15) is 40.5 Å². The number of benzene rings is 4. The maximum Gasteiger partial charge on any atom is 0.150 e. The molecule has 15 heteroatoms. The SMILES string of the molecule is Cc1cc(N)ncc1Cl.Cc1cc(NC(c2ccc(Cl)c(Cl)c2)c2ccc3cccnc3c2O)ncc1Cl.O=Cc1ccc(Cl)c(Cl)c1.Oc1cccc2cccnc12. The summed E-state index contributed by atoms with van der Waals surface area (Å²) in [6, 6.07) is 29.9. The summed E-state index contributed by atoms with van der Waals surface area (Å²) in [7, 11) is 0. The number of anilines is 2. The van der Waals surface area contributed by atoms with Crippen molar-refractivity contribution in [2.75, 3.05) is 11.1 Å². The van der Waals surface area contributed by atoms with Crippen molar-refractivity contribution in [2.24, 2.45) is 0 Å². The molecule has 0 aliphatic carbocycles. The van der Waals surface area contributed by atoms with Crippen molar-refractivity contribution >= 4 is 109 Å². The topological polar surface area (TPSA) is 147 Å². The second-order valence-corrected chi connectivity index (χ2v) is 15.1. The molecule has 1 atom stereocenters. The number of halogens is 6. The quantitative estimate of drug-likeness (QED) is 0.124. The number of aromatic hydroxyl groups is 2. The van der Waals surface area contributed by atoms with Crippen LogP contribution in [0, 0.1) is 13.8 Å². The minimum Gasteiger partial charge on any atom is -0.506 e. The van der Waals surface area contributed by atoms with Gasteiger partial charge in [0.2, 0.25) is 0 Å². The number of phenols is 2. The number of aromatic nitrogens is 4. The smallest absolute Gasteiger partial charge is 0.150 e. The lowest BCUT2D eigenvalue weighted by molar-refractivity contribution is 0.112. The van der Waals surface area contributed by atoms with Crippen molar-refractivity contribution in [3.8, 4) is 11.5 Å². The van der Waals surface area contributed by atoms with Gasteiger partial charge in [0.25, 0.3) is 0 Å². The van der Waals surface area contributed by atoms with Crippen LogP contribution >= 0.6 is 69.6 Å². The molecule has 300 valence electrons. The van der Waals surface area contributed by atoms with Gasteiger partial charge in [-0.3, -0.25) is 14.8 Å². The fourth-order valence-corrected chi connectivity index (χ4v) is 6.23. The first-order valence-electron chi connectivity index (χ1n) is 17.5. The zero-order valence-electron chi connectivity index (χ0n) is 31.2. The molecular formula is C44H34Cl6N6O3. The number of nitrogen functional groups attached to an aromatic ring is 1. The fourth-order valence-electron chi connectivity index (χ4n) is 5.41. The predicted octanol–water partition coefficient (Wildman–Crippen LogP) is 13.2. The highest BCUT2D eigenvalue weighted by Crippen LogP contribution is 2.38. The molecular weight excluding hydrogens is 873 g/mol. The highest BCUT2D eigenvalue weighted by atomic mass is 35.5. The van der Waals surface area contributed by atoms with E-state index in [9.17, 15) is 15.0 Å². The van der Waals surface area contributed by atoms with E-state index >= 15 is 0 Å². The Hall–Kier alpha value is -5.39. The molecule has 0 fully saturated rings. The molecule has 4 heterocycles. The maximum absolute atomic E-state index is 11.0. The van der Waals surface area contributed by atoms with Crippen LogP contribution in [0.15, 0.2) is 128 Å². The number of nitrogens with zero attached hydrogens (tertiary/aromatic N) is 4. The summed E-state index contributed by atoms with van der Waals surface area (Å²) in [6.45, 7) is 3.79. The van der Waals surface area contributed by atoms with Crippen molar-refractivity contribution in [1.82, 2.24) is 19.9 Å². The lowest BCUT2D eigenvalue weighted by Gasteiger charge is -2.22. The summed E-state index contributed by atoms with van der Waals surface area (Å²) < 4.78 is 0. The predicted molar refractivity (Wildman–Crippen MR) is 243 cm³/mol. The zero-order chi connectivity index (χ0) is 42.6. The van der Waals surface area contributed by atoms with Crippen molar-refractivity contribution in [3.63, 3.8) is 0 Å². The number of carbonyl (C=O) groups is 1. The van der Waals surface area contributed by atoms with Crippen molar-refractivity contribution < 1.29 is 15.0 Å². The Bertz CT molecular complexity index is 2730. The van der Waals surface area contributed by atoms with E-state index in [4.69, 9.17) is 75.3 Å². The average molecular weight is 908 g/mol. The van der Waals surface area contributed by atoms with E-state index in [1.165, 1.54) is 6.07 Å². The molecule has 4 aromatic heterocycles. The standard InChI is InChI=1S/C22H16Cl3N3O.C9H7NO.C7H4Cl2O.C6H7ClN2/c1-12-9-19(27-11-18(12)25)28-20(14-5-7-16(23)17(24)10-14)15-6-4-13-3-2-8-26-21(13)22(15)29;11-8-5-1-3-7-4-2-6-10-9(7)8;8-6-2-1-5(4-10)3-7(6)9;1-4-2-6(8)9-3-5(4)7/h2-11,20,29H,1H3,(H,27,28);1-6,11H;1-4H;2-3H,1H3,(H2,8,9). The van der Waals surface area contributed by atoms with Crippen LogP contribution in [0.3, 0.4) is 0 Å². The minimum atomic E-state index is -0.441. The Labute approximate surface area is 370 Å². The second kappa shape index (κ2) is 21.0. The first kappa shape index (κ1) is 44.7. The van der Waals surface area contributed by atoms with Crippen molar-refractivity contribution in [1.29, 1.82) is 0 Å². The molecule has 0 saturated heterocycles. The number of fused-ring (bicyclic) bond motifs is 2. The van der Waals surface area contributed by atoms with Gasteiger partial charge >= 0.3 is 0 Å². The average Bonchev–Trinajstić information content (AvgIpc) is 3.23. The number of hydrogen-bond acceptors (Lipinski definition) is 9. The maximum atomic E-state index is 11.0. The molecule has 9 nitrogen and oxygen atoms in total. The van der Waals surface area contributed by atoms with E-state index < -0.39 is 6.04 Å². The van der Waals surface area contributed by atoms with Crippen molar-refractivity contribution in [2.45, 2.75) is 19.9 Å². The molecule has 0 aliphatic rings. The molecule has 8 rings (SSSR count). The number of pyridine rings is 4. The van der Waals surface area contributed by atoms with Gasteiger partial charge in [0, 0.05) is 46.7 Å². The fraction of sp³-hybridized carbons (Fsp3) is 0.0682. The van der Waals surface area contributed by atoms with Gasteiger partial charge in [-0.15, -0.1) is 0 Å². The largest absolute Gasteiger partial charge is 0.506 e. The van der Waals surface area contributed by atoms with Crippen LogP contribution in [0.25, 0.3) is 21.8 Å². The van der Waals surface area contributed by atoms with Crippen LogP contribution < -0.4 is 11.1 Å². The number of nitrogens with one attached hydrogen (secondary N) is 1. The summed E-state index contributed by atoms with van der Waals surface area (Å²) in [6.07, 6.45) is 7.18. The molecule has 0 saturated carbocycles. The minimum absolute atomic E-state index is 0.0948. The summed E-state index contributed by atoms with van der Waals surface area (Å²) in [5.74, 6) is 1.46. The number of nitrogens with two attached hydrogens (primary N) is 1. The molecule has 4 aromatic carbocycles. The molecule has 0 aliphatic heterocycles. The number of phenolic OH excluding ortho intramolecular Hbond substituents is 2. The molecule has 8 aromatic rings. The van der Waals surface area contributed by atoms with Crippen LogP contribution in [0.4, 0.5) is 11.6 Å². The normalized spacial score (nSPS) is 10.9. The lowest BCUT2D eigenvalue weighted by Crippen LogP contribution is -2.14. The molecule has 0 bridgehead atoms. The number of aryl methyl sites for hydroxylation is 2. The van der Waals surface area contributed by atoms with Gasteiger partial charge < -0.3 is 21.3 Å². The van der Waals surface area contributed by atoms with Crippen LogP contribution in [0.5, 0.6) is 11.5 Å². The van der Waals surface area contributed by atoms with E-state index in [0.29, 0.717) is 63.9 Å². The van der Waals surface area contributed by atoms with Gasteiger partial charge in [-0.25, -0.2) is 9.97 Å². The van der Waals surface area contributed by atoms with Crippen LogP contribution in [-0.2, 0) is 0 Å². The number of para-hydroxylation sites is 1. The Morgan fingerprint density at radius 2 is 1.20 bits per heavy atom. The summed E-state index contributed by atoms with van der Waals surface area (Å²) in [5, 5.41) is 28.5. The molecule has 59 heavy (non-hydrogen) atoms.